The third-order valence-electron chi connectivity index (χ3n) is 3.08. The Hall–Kier alpha value is -0.0800. The molecule has 2 aliphatic rings. The van der Waals surface area contributed by atoms with Crippen LogP contribution in [-0.2, 0) is 9.47 Å². The van der Waals surface area contributed by atoms with Gasteiger partial charge in [0.05, 0.1) is 0 Å². The molecule has 0 amide bonds. The Kier molecular flexibility index (Phi) is 2.61. The summed E-state index contributed by atoms with van der Waals surface area (Å²) in [5.41, 5.74) is 0. The van der Waals surface area contributed by atoms with Crippen LogP contribution in [0.2, 0.25) is 0 Å². The lowest BCUT2D eigenvalue weighted by Crippen LogP contribution is -2.00. The first kappa shape index (κ1) is 9.47. The van der Waals surface area contributed by atoms with Crippen LogP contribution in [0.25, 0.3) is 0 Å². The summed E-state index contributed by atoms with van der Waals surface area (Å²) in [7, 11) is 0. The molecule has 0 radical (unpaired) electrons. The average Bonchev–Trinajstić information content (AvgIpc) is 3.01. The second-order valence-electron chi connectivity index (χ2n) is 4.22. The molecule has 0 N–H and O–H groups in total. The van der Waals surface area contributed by atoms with E-state index in [1.165, 1.54) is 38.5 Å². The number of rotatable bonds is 6. The maximum absolute atomic E-state index is 5.60. The maximum Gasteiger partial charge on any atom is 0.223 e. The van der Waals surface area contributed by atoms with E-state index in [2.05, 4.69) is 13.8 Å². The van der Waals surface area contributed by atoms with Crippen molar-refractivity contribution in [3.05, 3.63) is 0 Å². The predicted molar refractivity (Wildman–Crippen MR) is 51.5 cm³/mol. The fourth-order valence-corrected chi connectivity index (χ4v) is 2.06. The molecule has 2 fully saturated rings. The molecule has 0 aromatic rings. The van der Waals surface area contributed by atoms with E-state index in [4.69, 9.17) is 9.47 Å². The summed E-state index contributed by atoms with van der Waals surface area (Å²) in [4.78, 5) is 0. The largest absolute Gasteiger partial charge is 0.336 e. The standard InChI is InChI=1S/C11H20O2/c1-3-5-7-9-11(12-9)10(13-11)8-6-4-2/h9-10H,3-8H2,1-2H3/t9-,10-,11?/m1/s1. The smallest absolute Gasteiger partial charge is 0.223 e. The van der Waals surface area contributed by atoms with Gasteiger partial charge in [-0.3, -0.25) is 0 Å². The van der Waals surface area contributed by atoms with E-state index in [1.807, 2.05) is 0 Å². The Balaban J connectivity index is 1.63. The second kappa shape index (κ2) is 3.58. The molecule has 2 heterocycles. The van der Waals surface area contributed by atoms with E-state index >= 15 is 0 Å². The van der Waals surface area contributed by atoms with Crippen molar-refractivity contribution in [2.24, 2.45) is 0 Å². The van der Waals surface area contributed by atoms with Crippen molar-refractivity contribution in [3.63, 3.8) is 0 Å². The molecule has 1 spiro atoms. The monoisotopic (exact) mass is 184 g/mol. The molecule has 2 saturated heterocycles. The van der Waals surface area contributed by atoms with Crippen LogP contribution in [0.5, 0.6) is 0 Å². The lowest BCUT2D eigenvalue weighted by Gasteiger charge is -1.89. The summed E-state index contributed by atoms with van der Waals surface area (Å²) < 4.78 is 11.2. The fourth-order valence-electron chi connectivity index (χ4n) is 2.06. The lowest BCUT2D eigenvalue weighted by molar-refractivity contribution is 0.246. The van der Waals surface area contributed by atoms with Gasteiger partial charge in [-0.2, -0.15) is 0 Å². The minimum Gasteiger partial charge on any atom is -0.336 e. The van der Waals surface area contributed by atoms with Crippen molar-refractivity contribution in [3.8, 4) is 0 Å². The van der Waals surface area contributed by atoms with Crippen LogP contribution in [0.15, 0.2) is 0 Å². The summed E-state index contributed by atoms with van der Waals surface area (Å²) in [6.45, 7) is 4.44. The van der Waals surface area contributed by atoms with E-state index in [-0.39, 0.29) is 5.79 Å². The van der Waals surface area contributed by atoms with Gasteiger partial charge < -0.3 is 9.47 Å². The topological polar surface area (TPSA) is 25.1 Å². The van der Waals surface area contributed by atoms with Crippen molar-refractivity contribution in [2.75, 3.05) is 0 Å². The Labute approximate surface area is 80.6 Å². The highest BCUT2D eigenvalue weighted by Crippen LogP contribution is 2.58. The molecule has 13 heavy (non-hydrogen) atoms. The number of hydrogen-bond donors (Lipinski definition) is 0. The van der Waals surface area contributed by atoms with Crippen molar-refractivity contribution in [2.45, 2.75) is 70.4 Å². The average molecular weight is 184 g/mol. The number of unbranched alkanes of at least 4 members (excludes halogenated alkanes) is 2. The zero-order valence-electron chi connectivity index (χ0n) is 8.71. The molecular weight excluding hydrogens is 164 g/mol. The van der Waals surface area contributed by atoms with Crippen LogP contribution in [0.1, 0.15) is 52.4 Å². The SMILES string of the molecule is CCCC[C@H]1OC12O[C@@H]2CCCC. The zero-order chi connectivity index (χ0) is 9.31. The first-order valence-corrected chi connectivity index (χ1v) is 5.69. The van der Waals surface area contributed by atoms with Gasteiger partial charge >= 0.3 is 0 Å². The third-order valence-corrected chi connectivity index (χ3v) is 3.08. The molecule has 2 aliphatic heterocycles. The molecule has 0 bridgehead atoms. The van der Waals surface area contributed by atoms with Gasteiger partial charge in [0.1, 0.15) is 12.2 Å². The number of epoxide rings is 2. The molecule has 2 heteroatoms. The highest BCUT2D eigenvalue weighted by molar-refractivity contribution is 5.11. The van der Waals surface area contributed by atoms with Gasteiger partial charge in [0.2, 0.25) is 5.79 Å². The lowest BCUT2D eigenvalue weighted by atomic mass is 10.1. The molecule has 2 rings (SSSR count). The number of ether oxygens (including phenoxy) is 2. The quantitative estimate of drug-likeness (QED) is 0.593. The van der Waals surface area contributed by atoms with Crippen molar-refractivity contribution < 1.29 is 9.47 Å². The minimum atomic E-state index is -0.0651. The summed E-state index contributed by atoms with van der Waals surface area (Å²) in [5, 5.41) is 0. The molecule has 0 unspecified atom stereocenters. The van der Waals surface area contributed by atoms with Crippen LogP contribution < -0.4 is 0 Å². The highest BCUT2D eigenvalue weighted by Gasteiger charge is 2.75. The van der Waals surface area contributed by atoms with Gasteiger partial charge in [-0.15, -0.1) is 0 Å². The van der Waals surface area contributed by atoms with Gasteiger partial charge in [0, 0.05) is 0 Å². The number of hydrogen-bond acceptors (Lipinski definition) is 2. The molecule has 76 valence electrons. The van der Waals surface area contributed by atoms with Crippen molar-refractivity contribution in [1.82, 2.24) is 0 Å². The summed E-state index contributed by atoms with van der Waals surface area (Å²) >= 11 is 0. The van der Waals surface area contributed by atoms with E-state index in [0.29, 0.717) is 12.2 Å². The molecule has 2 nitrogen and oxygen atoms in total. The Morgan fingerprint density at radius 1 is 0.923 bits per heavy atom. The summed E-state index contributed by atoms with van der Waals surface area (Å²) in [6.07, 6.45) is 8.33. The summed E-state index contributed by atoms with van der Waals surface area (Å²) in [5.74, 6) is -0.0651. The molecule has 0 saturated carbocycles. The van der Waals surface area contributed by atoms with E-state index in [0.717, 1.165) is 0 Å². The van der Waals surface area contributed by atoms with Gasteiger partial charge in [-0.25, -0.2) is 0 Å². The Bertz CT molecular complexity index is 159. The van der Waals surface area contributed by atoms with Gasteiger partial charge in [0.25, 0.3) is 0 Å². The van der Waals surface area contributed by atoms with Crippen LogP contribution in [-0.4, -0.2) is 18.0 Å². The minimum absolute atomic E-state index is 0.0651. The van der Waals surface area contributed by atoms with Crippen LogP contribution in [0, 0.1) is 0 Å². The van der Waals surface area contributed by atoms with Gasteiger partial charge in [-0.05, 0) is 12.8 Å². The maximum atomic E-state index is 5.60. The Morgan fingerprint density at radius 3 is 1.77 bits per heavy atom. The van der Waals surface area contributed by atoms with E-state index in [1.54, 1.807) is 0 Å². The van der Waals surface area contributed by atoms with E-state index in [9.17, 15) is 0 Å². The third kappa shape index (κ3) is 1.75. The van der Waals surface area contributed by atoms with Crippen LogP contribution in [0.4, 0.5) is 0 Å². The van der Waals surface area contributed by atoms with Crippen molar-refractivity contribution >= 4 is 0 Å². The molecule has 0 aromatic carbocycles. The van der Waals surface area contributed by atoms with Gasteiger partial charge in [0.15, 0.2) is 0 Å². The van der Waals surface area contributed by atoms with Gasteiger partial charge in [-0.1, -0.05) is 39.5 Å². The molecule has 0 aliphatic carbocycles. The molecule has 2 atom stereocenters. The van der Waals surface area contributed by atoms with Crippen LogP contribution >= 0.6 is 0 Å². The zero-order valence-corrected chi connectivity index (χ0v) is 8.71. The highest BCUT2D eigenvalue weighted by atomic mass is 16.9. The first-order chi connectivity index (χ1) is 6.33. The van der Waals surface area contributed by atoms with Crippen molar-refractivity contribution in [1.29, 1.82) is 0 Å². The first-order valence-electron chi connectivity index (χ1n) is 5.69. The van der Waals surface area contributed by atoms with Crippen LogP contribution in [0.3, 0.4) is 0 Å². The van der Waals surface area contributed by atoms with E-state index < -0.39 is 0 Å². The summed E-state index contributed by atoms with van der Waals surface area (Å²) in [6, 6.07) is 0. The second-order valence-corrected chi connectivity index (χ2v) is 4.22. The normalized spacial score (nSPS) is 33.7. The fraction of sp³-hybridized carbons (Fsp3) is 1.00. The molecular formula is C11H20O2. The predicted octanol–water partition coefficient (Wildman–Crippen LogP) is 2.86. The molecule has 0 aromatic heterocycles. The Morgan fingerprint density at radius 2 is 1.38 bits per heavy atom.